The number of benzene rings is 13. The molecule has 0 radical (unpaired) electrons. The Morgan fingerprint density at radius 1 is 0.377 bits per heavy atom. The molecule has 4 aliphatic rings. The molecule has 0 bridgehead atoms. The normalized spacial score (nSPS) is 17.3. The van der Waals surface area contributed by atoms with E-state index in [1.165, 1.54) is 118 Å². The van der Waals surface area contributed by atoms with E-state index in [1.54, 1.807) is 0 Å². The van der Waals surface area contributed by atoms with Gasteiger partial charge in [0, 0.05) is 58.8 Å². The van der Waals surface area contributed by atoms with Crippen molar-refractivity contribution in [2.45, 2.75) is 43.7 Å². The molecule has 2 aliphatic heterocycles. The van der Waals surface area contributed by atoms with E-state index in [4.69, 9.17) is 15.0 Å². The van der Waals surface area contributed by atoms with Crippen molar-refractivity contribution < 1.29 is 0 Å². The standard InChI is InChI=1S/C96H68N8S2/c1-5-22-62(23-6-1)71-34-18-36-77-79-38-20-42-83(89(79)105-87(71)77)103-81-40-15-14-33-74(81)76-55-53-70(58-86(76)103)96-101-93(66-28-11-4-12-29-66)98-94(102-96)68-31-17-30-67(56-68)61-46-44-59(45-47-61)60-48-50-63(51-49-60)72-35-19-37-78-80-39-21-43-84(90(80)106-88(72)78)104-82-41-16-13-32-73(82)75-54-52-69(57-85(75)104)95-99-91(64-24-7-2-8-25-64)97-92(100-95)65-26-9-3-10-27-65/h1-19,21-37,39-55,57-58,67,91-93,97H,20,38,56H2,(H,99,100)(H,98,101,102). The van der Waals surface area contributed by atoms with Gasteiger partial charge in [0.2, 0.25) is 0 Å². The van der Waals surface area contributed by atoms with Gasteiger partial charge in [0.15, 0.2) is 5.84 Å². The number of para-hydroxylation sites is 2. The maximum atomic E-state index is 5.49. The van der Waals surface area contributed by atoms with Gasteiger partial charge in [-0.1, -0.05) is 303 Å². The molecule has 6 heterocycles. The predicted molar refractivity (Wildman–Crippen MR) is 445 cm³/mol. The van der Waals surface area contributed by atoms with Gasteiger partial charge in [0.05, 0.1) is 43.0 Å². The van der Waals surface area contributed by atoms with Crippen LogP contribution < -0.4 is 16.0 Å². The zero-order chi connectivity index (χ0) is 69.8. The molecule has 2 aliphatic carbocycles. The Morgan fingerprint density at radius 3 is 1.63 bits per heavy atom. The van der Waals surface area contributed by atoms with E-state index in [2.05, 4.69) is 359 Å². The van der Waals surface area contributed by atoms with E-state index in [1.807, 2.05) is 22.7 Å². The van der Waals surface area contributed by atoms with E-state index < -0.39 is 0 Å². The van der Waals surface area contributed by atoms with Crippen molar-refractivity contribution in [1.29, 1.82) is 0 Å². The van der Waals surface area contributed by atoms with Crippen LogP contribution in [-0.2, 0) is 6.42 Å². The number of aromatic nitrogens is 2. The fourth-order valence-electron chi connectivity index (χ4n) is 16.8. The lowest BCUT2D eigenvalue weighted by molar-refractivity contribution is 0.409. The van der Waals surface area contributed by atoms with Crippen molar-refractivity contribution in [1.82, 2.24) is 25.1 Å². The van der Waals surface area contributed by atoms with Gasteiger partial charge in [0.25, 0.3) is 0 Å². The van der Waals surface area contributed by atoms with Gasteiger partial charge in [-0.2, -0.15) is 0 Å². The van der Waals surface area contributed by atoms with Crippen LogP contribution in [0.25, 0.3) is 119 Å². The summed E-state index contributed by atoms with van der Waals surface area (Å²) in [6, 6.07) is 113. The van der Waals surface area contributed by atoms with Crippen LogP contribution >= 0.6 is 22.7 Å². The quantitative estimate of drug-likeness (QED) is 0.114. The second-order valence-corrected chi connectivity index (χ2v) is 30.1. The summed E-state index contributed by atoms with van der Waals surface area (Å²) >= 11 is 3.82. The van der Waals surface area contributed by atoms with Crippen molar-refractivity contribution in [3.8, 4) is 39.1 Å². The molecule has 4 aromatic heterocycles. The second-order valence-electron chi connectivity index (χ2n) is 28.1. The summed E-state index contributed by atoms with van der Waals surface area (Å²) < 4.78 is 8.86. The van der Waals surface area contributed by atoms with Gasteiger partial charge in [-0.15, -0.1) is 22.7 Å². The fourth-order valence-corrected chi connectivity index (χ4v) is 19.5. The first-order chi connectivity index (χ1) is 52.5. The van der Waals surface area contributed by atoms with Crippen LogP contribution in [0.5, 0.6) is 0 Å². The molecule has 106 heavy (non-hydrogen) atoms. The smallest absolute Gasteiger partial charge is 0.159 e. The Kier molecular flexibility index (Phi) is 15.0. The summed E-state index contributed by atoms with van der Waals surface area (Å²) in [5.41, 5.74) is 23.6. The van der Waals surface area contributed by atoms with Crippen LogP contribution in [0.4, 0.5) is 0 Å². The first kappa shape index (κ1) is 62.0. The van der Waals surface area contributed by atoms with Crippen LogP contribution in [0.1, 0.15) is 81.1 Å². The molecule has 10 heteroatoms. The van der Waals surface area contributed by atoms with Crippen molar-refractivity contribution in [3.05, 3.63) is 383 Å². The summed E-state index contributed by atoms with van der Waals surface area (Å²) in [5, 5.41) is 20.1. The van der Waals surface area contributed by atoms with Gasteiger partial charge in [-0.3, -0.25) is 5.32 Å². The minimum atomic E-state index is -0.330. The van der Waals surface area contributed by atoms with Gasteiger partial charge >= 0.3 is 0 Å². The number of amidine groups is 3. The van der Waals surface area contributed by atoms with E-state index in [0.717, 1.165) is 81.0 Å². The molecule has 0 amide bonds. The average Bonchev–Trinajstić information content (AvgIpc) is 1.58. The number of fused-ring (bicyclic) bond motifs is 12. The van der Waals surface area contributed by atoms with Gasteiger partial charge in [0.1, 0.15) is 30.2 Å². The molecule has 4 unspecified atom stereocenters. The highest BCUT2D eigenvalue weighted by molar-refractivity contribution is 7.26. The lowest BCUT2D eigenvalue weighted by Crippen LogP contribution is -2.44. The fraction of sp³-hybridized carbons (Fsp3) is 0.0729. The Labute approximate surface area is 621 Å². The molecule has 3 N–H and O–H groups in total. The van der Waals surface area contributed by atoms with E-state index >= 15 is 0 Å². The number of allylic oxidation sites excluding steroid dienone is 4. The number of nitrogens with zero attached hydrogens (tertiary/aromatic N) is 5. The molecular formula is C96H68N8S2. The molecule has 504 valence electrons. The molecule has 0 saturated carbocycles. The molecule has 8 nitrogen and oxygen atoms in total. The van der Waals surface area contributed by atoms with Crippen molar-refractivity contribution >= 4 is 120 Å². The van der Waals surface area contributed by atoms with Gasteiger partial charge in [-0.05, 0) is 122 Å². The molecule has 13 aromatic carbocycles. The first-order valence-corrected chi connectivity index (χ1v) is 38.3. The number of aliphatic imine (C=N–C) groups is 3. The van der Waals surface area contributed by atoms with Crippen molar-refractivity contribution in [2.24, 2.45) is 15.0 Å². The Hall–Kier alpha value is -12.6. The molecule has 4 atom stereocenters. The predicted octanol–water partition coefficient (Wildman–Crippen LogP) is 23.8. The van der Waals surface area contributed by atoms with Crippen molar-refractivity contribution in [3.63, 3.8) is 0 Å². The highest BCUT2D eigenvalue weighted by Gasteiger charge is 2.31. The first-order valence-electron chi connectivity index (χ1n) is 36.6. The Balaban J connectivity index is 0.568. The number of aryl methyl sites for hydroxylation is 1. The third kappa shape index (κ3) is 10.6. The number of nitrogens with one attached hydrogen (secondary N) is 3. The number of hydrogen-bond donors (Lipinski definition) is 3. The molecule has 17 aromatic rings. The Bertz CT molecular complexity index is 6570. The van der Waals surface area contributed by atoms with Crippen LogP contribution in [0.15, 0.2) is 354 Å². The Morgan fingerprint density at radius 2 is 0.915 bits per heavy atom. The summed E-state index contributed by atoms with van der Waals surface area (Å²) in [5.74, 6) is 2.58. The van der Waals surface area contributed by atoms with E-state index in [-0.39, 0.29) is 24.4 Å². The molecule has 0 saturated heterocycles. The molecule has 21 rings (SSSR count). The highest BCUT2D eigenvalue weighted by atomic mass is 32.1. The summed E-state index contributed by atoms with van der Waals surface area (Å²) in [4.78, 5) is 17.6. The molecule has 0 spiro atoms. The average molecular weight is 1400 g/mol. The van der Waals surface area contributed by atoms with Gasteiger partial charge in [-0.25, -0.2) is 15.0 Å². The largest absolute Gasteiger partial charge is 0.350 e. The van der Waals surface area contributed by atoms with E-state index in [0.29, 0.717) is 5.84 Å². The number of hydrogen-bond acceptors (Lipinski definition) is 8. The van der Waals surface area contributed by atoms with E-state index in [9.17, 15) is 0 Å². The monoisotopic (exact) mass is 1400 g/mol. The van der Waals surface area contributed by atoms with Crippen LogP contribution in [0, 0.1) is 0 Å². The van der Waals surface area contributed by atoms with Crippen molar-refractivity contribution in [2.75, 3.05) is 0 Å². The topological polar surface area (TPSA) is 83.0 Å². The third-order valence-electron chi connectivity index (χ3n) is 22.0. The highest BCUT2D eigenvalue weighted by Crippen LogP contribution is 2.49. The summed E-state index contributed by atoms with van der Waals surface area (Å²) in [7, 11) is 0. The lowest BCUT2D eigenvalue weighted by atomic mass is 9.86. The zero-order valence-electron chi connectivity index (χ0n) is 57.7. The third-order valence-corrected chi connectivity index (χ3v) is 24.5. The van der Waals surface area contributed by atoms with Crippen LogP contribution in [0.2, 0.25) is 0 Å². The minimum absolute atomic E-state index is 0.136. The number of rotatable bonds is 12. The summed E-state index contributed by atoms with van der Waals surface area (Å²) in [6.45, 7) is 0. The zero-order valence-corrected chi connectivity index (χ0v) is 59.4. The van der Waals surface area contributed by atoms with Gasteiger partial charge < -0.3 is 19.8 Å². The van der Waals surface area contributed by atoms with Crippen LogP contribution in [-0.4, -0.2) is 26.6 Å². The lowest BCUT2D eigenvalue weighted by Gasteiger charge is -2.32. The molecular weight excluding hydrogens is 1330 g/mol. The number of thiophene rings is 2. The summed E-state index contributed by atoms with van der Waals surface area (Å²) in [6.07, 6.45) is 11.3. The minimum Gasteiger partial charge on any atom is -0.350 e. The SMILES string of the molecule is C1=CC(c2ccc(-c3ccc(-c4cccc5c4sc4c(-n6c7ccccc7c7ccc(C8=NC(c9ccccc9)NC(c9ccccc9)N8)cc76)cccc45)cc3)cc2)CC(C2=NC(c3ccc4c5ccccc5n(C5=CCCc6c5sc5c(-c7ccccc7)cccc65)c4c3)=NC(c3ccccc3)N2)=C1. The maximum Gasteiger partial charge on any atom is 0.159 e. The maximum absolute atomic E-state index is 5.49. The molecule has 0 fully saturated rings. The van der Waals surface area contributed by atoms with Crippen LogP contribution in [0.3, 0.4) is 0 Å². The second kappa shape index (κ2) is 25.7.